The lowest BCUT2D eigenvalue weighted by molar-refractivity contribution is 0.104. The summed E-state index contributed by atoms with van der Waals surface area (Å²) in [6, 6.07) is 14.9. The molecule has 0 bridgehead atoms. The molecule has 0 radical (unpaired) electrons. The van der Waals surface area contributed by atoms with Crippen molar-refractivity contribution in [2.24, 2.45) is 0 Å². The number of hydrogen-bond donors (Lipinski definition) is 0. The SMILES string of the molecule is O=C1c2cc(Cl)ccc2-c2ccc(Cl)c3cccc1c23. The van der Waals surface area contributed by atoms with Crippen LogP contribution in [-0.4, -0.2) is 5.78 Å². The molecule has 0 heterocycles. The van der Waals surface area contributed by atoms with E-state index in [1.807, 2.05) is 42.5 Å². The number of hydrogen-bond acceptors (Lipinski definition) is 1. The van der Waals surface area contributed by atoms with E-state index in [-0.39, 0.29) is 5.78 Å². The fraction of sp³-hybridized carbons (Fsp3) is 0. The molecule has 0 fully saturated rings. The smallest absolute Gasteiger partial charge is 0.194 e. The van der Waals surface area contributed by atoms with Gasteiger partial charge in [-0.1, -0.05) is 53.5 Å². The van der Waals surface area contributed by atoms with Crippen molar-refractivity contribution in [3.63, 3.8) is 0 Å². The first-order valence-electron chi connectivity index (χ1n) is 6.22. The summed E-state index contributed by atoms with van der Waals surface area (Å²) in [5.74, 6) is 0.00265. The average Bonchev–Trinajstić information content (AvgIpc) is 2.46. The molecule has 1 aliphatic carbocycles. The molecule has 1 nitrogen and oxygen atoms in total. The van der Waals surface area contributed by atoms with Gasteiger partial charge < -0.3 is 0 Å². The van der Waals surface area contributed by atoms with E-state index in [1.165, 1.54) is 0 Å². The van der Waals surface area contributed by atoms with Crippen molar-refractivity contribution in [2.45, 2.75) is 0 Å². The predicted molar refractivity (Wildman–Crippen MR) is 82.8 cm³/mol. The minimum absolute atomic E-state index is 0.00265. The first-order valence-corrected chi connectivity index (χ1v) is 6.98. The normalized spacial score (nSPS) is 12.6. The van der Waals surface area contributed by atoms with Gasteiger partial charge >= 0.3 is 0 Å². The van der Waals surface area contributed by atoms with E-state index in [1.54, 1.807) is 6.07 Å². The summed E-state index contributed by atoms with van der Waals surface area (Å²) in [6.07, 6.45) is 0. The van der Waals surface area contributed by atoms with E-state index in [2.05, 4.69) is 0 Å². The Morgan fingerprint density at radius 1 is 0.750 bits per heavy atom. The Kier molecular flexibility index (Phi) is 2.44. The van der Waals surface area contributed by atoms with Crippen LogP contribution in [0.2, 0.25) is 10.0 Å². The Morgan fingerprint density at radius 2 is 1.55 bits per heavy atom. The molecule has 3 aromatic carbocycles. The van der Waals surface area contributed by atoms with E-state index < -0.39 is 0 Å². The number of fused-ring (bicyclic) bond motifs is 2. The second-order valence-corrected chi connectivity index (χ2v) is 5.69. The minimum Gasteiger partial charge on any atom is -0.289 e. The second kappa shape index (κ2) is 4.08. The van der Waals surface area contributed by atoms with E-state index in [4.69, 9.17) is 23.2 Å². The molecule has 0 aliphatic heterocycles. The summed E-state index contributed by atoms with van der Waals surface area (Å²) < 4.78 is 0. The molecular weight excluding hydrogens is 291 g/mol. The number of ketones is 1. The van der Waals surface area contributed by atoms with Gasteiger partial charge in [0, 0.05) is 31.9 Å². The number of halogens is 2. The number of carbonyl (C=O) groups excluding carboxylic acids is 1. The molecule has 0 unspecified atom stereocenters. The maximum atomic E-state index is 12.7. The van der Waals surface area contributed by atoms with Gasteiger partial charge in [0.25, 0.3) is 0 Å². The third-order valence-corrected chi connectivity index (χ3v) is 4.31. The molecule has 4 rings (SSSR count). The zero-order valence-corrected chi connectivity index (χ0v) is 11.8. The van der Waals surface area contributed by atoms with Crippen molar-refractivity contribution in [3.8, 4) is 11.1 Å². The van der Waals surface area contributed by atoms with Gasteiger partial charge in [0.1, 0.15) is 0 Å². The van der Waals surface area contributed by atoms with Gasteiger partial charge in [-0.2, -0.15) is 0 Å². The van der Waals surface area contributed by atoms with Gasteiger partial charge in [-0.15, -0.1) is 0 Å². The van der Waals surface area contributed by atoms with Crippen LogP contribution in [0.4, 0.5) is 0 Å². The molecule has 3 heteroatoms. The van der Waals surface area contributed by atoms with Gasteiger partial charge in [-0.3, -0.25) is 4.79 Å². The van der Waals surface area contributed by atoms with Gasteiger partial charge in [-0.25, -0.2) is 0 Å². The van der Waals surface area contributed by atoms with Crippen molar-refractivity contribution < 1.29 is 4.79 Å². The van der Waals surface area contributed by atoms with Crippen LogP contribution in [0.3, 0.4) is 0 Å². The highest BCUT2D eigenvalue weighted by molar-refractivity contribution is 6.38. The fourth-order valence-corrected chi connectivity index (χ4v) is 3.26. The maximum absolute atomic E-state index is 12.7. The second-order valence-electron chi connectivity index (χ2n) is 4.84. The Bertz CT molecular complexity index is 897. The zero-order valence-electron chi connectivity index (χ0n) is 10.3. The third kappa shape index (κ3) is 1.48. The number of benzene rings is 3. The van der Waals surface area contributed by atoms with Crippen LogP contribution >= 0.6 is 23.2 Å². The summed E-state index contributed by atoms with van der Waals surface area (Å²) >= 11 is 12.3. The van der Waals surface area contributed by atoms with Crippen molar-refractivity contribution in [1.82, 2.24) is 0 Å². The number of carbonyl (C=O) groups is 1. The fourth-order valence-electron chi connectivity index (χ4n) is 2.87. The molecule has 0 aromatic heterocycles. The topological polar surface area (TPSA) is 17.1 Å². The predicted octanol–water partition coefficient (Wildman–Crippen LogP) is 5.36. The van der Waals surface area contributed by atoms with Crippen LogP contribution in [0.15, 0.2) is 48.5 Å². The lowest BCUT2D eigenvalue weighted by Gasteiger charge is -2.20. The van der Waals surface area contributed by atoms with Crippen LogP contribution in [0.5, 0.6) is 0 Å². The molecule has 0 amide bonds. The van der Waals surface area contributed by atoms with Gasteiger partial charge in [0.15, 0.2) is 5.78 Å². The number of rotatable bonds is 0. The molecule has 0 N–H and O–H groups in total. The van der Waals surface area contributed by atoms with E-state index in [0.29, 0.717) is 21.2 Å². The molecular formula is C17H8Cl2O. The summed E-state index contributed by atoms with van der Waals surface area (Å²) in [5.41, 5.74) is 3.29. The van der Waals surface area contributed by atoms with Crippen molar-refractivity contribution >= 4 is 39.8 Å². The third-order valence-electron chi connectivity index (χ3n) is 3.75. The average molecular weight is 299 g/mol. The lowest BCUT2D eigenvalue weighted by atomic mass is 9.83. The summed E-state index contributed by atoms with van der Waals surface area (Å²) in [5, 5.41) is 3.08. The van der Waals surface area contributed by atoms with Crippen molar-refractivity contribution in [3.05, 3.63) is 69.7 Å². The summed E-state index contributed by atoms with van der Waals surface area (Å²) in [4.78, 5) is 12.7. The molecule has 0 atom stereocenters. The standard InChI is InChI=1S/C17H8Cl2O/c18-9-4-5-10-11-6-7-15(19)12-2-1-3-13(16(11)12)17(20)14(10)8-9/h1-8H. The molecule has 0 spiro atoms. The monoisotopic (exact) mass is 298 g/mol. The Labute approximate surface area is 125 Å². The largest absolute Gasteiger partial charge is 0.289 e. The summed E-state index contributed by atoms with van der Waals surface area (Å²) in [6.45, 7) is 0. The van der Waals surface area contributed by atoms with E-state index >= 15 is 0 Å². The molecule has 0 saturated heterocycles. The Balaban J connectivity index is 2.24. The van der Waals surface area contributed by atoms with E-state index in [0.717, 1.165) is 21.9 Å². The van der Waals surface area contributed by atoms with Crippen molar-refractivity contribution in [2.75, 3.05) is 0 Å². The highest BCUT2D eigenvalue weighted by Gasteiger charge is 2.25. The lowest BCUT2D eigenvalue weighted by Crippen LogP contribution is -2.09. The Morgan fingerprint density at radius 3 is 2.40 bits per heavy atom. The summed E-state index contributed by atoms with van der Waals surface area (Å²) in [7, 11) is 0. The van der Waals surface area contributed by atoms with Gasteiger partial charge in [0.05, 0.1) is 0 Å². The highest BCUT2D eigenvalue weighted by Crippen LogP contribution is 2.42. The first kappa shape index (κ1) is 12.0. The first-order chi connectivity index (χ1) is 9.66. The molecule has 3 aromatic rings. The molecule has 0 saturated carbocycles. The van der Waals surface area contributed by atoms with E-state index in [9.17, 15) is 4.79 Å². The van der Waals surface area contributed by atoms with Crippen LogP contribution in [0, 0.1) is 0 Å². The van der Waals surface area contributed by atoms with Gasteiger partial charge in [-0.05, 0) is 29.3 Å². The van der Waals surface area contributed by atoms with Crippen LogP contribution in [0.25, 0.3) is 21.9 Å². The Hall–Kier alpha value is -1.83. The van der Waals surface area contributed by atoms with Crippen LogP contribution in [0.1, 0.15) is 15.9 Å². The molecule has 20 heavy (non-hydrogen) atoms. The van der Waals surface area contributed by atoms with Gasteiger partial charge in [0.2, 0.25) is 0 Å². The highest BCUT2D eigenvalue weighted by atomic mass is 35.5. The molecule has 96 valence electrons. The van der Waals surface area contributed by atoms with Crippen molar-refractivity contribution in [1.29, 1.82) is 0 Å². The quantitative estimate of drug-likeness (QED) is 0.427. The van der Waals surface area contributed by atoms with Crippen LogP contribution < -0.4 is 0 Å². The molecule has 1 aliphatic rings. The maximum Gasteiger partial charge on any atom is 0.194 e. The van der Waals surface area contributed by atoms with Crippen LogP contribution in [-0.2, 0) is 0 Å². The zero-order chi connectivity index (χ0) is 13.9. The minimum atomic E-state index is 0.00265.